The maximum Gasteiger partial charge on any atom is 0.242 e. The fourth-order valence-electron chi connectivity index (χ4n) is 3.48. The van der Waals surface area contributed by atoms with E-state index in [1.54, 1.807) is 0 Å². The third-order valence-electron chi connectivity index (χ3n) is 4.81. The lowest BCUT2D eigenvalue weighted by atomic mass is 9.81. The molecule has 1 heterocycles. The molecule has 3 rings (SSSR count). The molecule has 21 heavy (non-hydrogen) atoms. The SMILES string of the molecule is NC1(C(=O)N2CC=C(c3ccccc3)CC2)CCCCC1. The first-order chi connectivity index (χ1) is 10.2. The molecule has 1 aromatic rings. The van der Waals surface area contributed by atoms with Crippen LogP contribution in [0.5, 0.6) is 0 Å². The molecule has 0 spiro atoms. The van der Waals surface area contributed by atoms with Crippen molar-refractivity contribution in [1.82, 2.24) is 4.90 Å². The van der Waals surface area contributed by atoms with Crippen LogP contribution in [0.4, 0.5) is 0 Å². The van der Waals surface area contributed by atoms with E-state index in [1.807, 2.05) is 11.0 Å². The van der Waals surface area contributed by atoms with E-state index in [9.17, 15) is 4.79 Å². The van der Waals surface area contributed by atoms with Gasteiger partial charge in [-0.3, -0.25) is 4.79 Å². The Labute approximate surface area is 126 Å². The van der Waals surface area contributed by atoms with E-state index >= 15 is 0 Å². The van der Waals surface area contributed by atoms with Gasteiger partial charge < -0.3 is 10.6 Å². The first kappa shape index (κ1) is 14.3. The van der Waals surface area contributed by atoms with Crippen molar-refractivity contribution in [3.63, 3.8) is 0 Å². The van der Waals surface area contributed by atoms with Crippen molar-refractivity contribution in [2.75, 3.05) is 13.1 Å². The average Bonchev–Trinajstić information content (AvgIpc) is 2.56. The maximum atomic E-state index is 12.7. The van der Waals surface area contributed by atoms with Crippen LogP contribution in [-0.2, 0) is 4.79 Å². The normalized spacial score (nSPS) is 21.8. The molecule has 0 bridgehead atoms. The summed E-state index contributed by atoms with van der Waals surface area (Å²) in [6.07, 6.45) is 8.18. The molecular formula is C18H24N2O. The van der Waals surface area contributed by atoms with Crippen LogP contribution >= 0.6 is 0 Å². The number of hydrogen-bond acceptors (Lipinski definition) is 2. The number of carbonyl (C=O) groups is 1. The van der Waals surface area contributed by atoms with E-state index in [0.29, 0.717) is 6.54 Å². The number of hydrogen-bond donors (Lipinski definition) is 1. The molecule has 0 unspecified atom stereocenters. The lowest BCUT2D eigenvalue weighted by molar-refractivity contribution is -0.137. The number of benzene rings is 1. The Morgan fingerprint density at radius 2 is 1.81 bits per heavy atom. The van der Waals surface area contributed by atoms with Crippen molar-refractivity contribution in [2.45, 2.75) is 44.1 Å². The first-order valence-corrected chi connectivity index (χ1v) is 8.02. The van der Waals surface area contributed by atoms with Crippen LogP contribution in [0.25, 0.3) is 5.57 Å². The Kier molecular flexibility index (Phi) is 4.11. The average molecular weight is 284 g/mol. The highest BCUT2D eigenvalue weighted by molar-refractivity contribution is 5.87. The zero-order valence-corrected chi connectivity index (χ0v) is 12.6. The van der Waals surface area contributed by atoms with Crippen molar-refractivity contribution in [3.8, 4) is 0 Å². The third-order valence-corrected chi connectivity index (χ3v) is 4.81. The quantitative estimate of drug-likeness (QED) is 0.907. The monoisotopic (exact) mass is 284 g/mol. The number of amides is 1. The van der Waals surface area contributed by atoms with Gasteiger partial charge in [0.25, 0.3) is 0 Å². The zero-order valence-electron chi connectivity index (χ0n) is 12.6. The van der Waals surface area contributed by atoms with Gasteiger partial charge in [0, 0.05) is 13.1 Å². The number of nitrogens with two attached hydrogens (primary N) is 1. The van der Waals surface area contributed by atoms with E-state index in [4.69, 9.17) is 5.73 Å². The van der Waals surface area contributed by atoms with Crippen LogP contribution in [-0.4, -0.2) is 29.4 Å². The minimum absolute atomic E-state index is 0.158. The largest absolute Gasteiger partial charge is 0.337 e. The zero-order chi connectivity index (χ0) is 14.7. The van der Waals surface area contributed by atoms with Crippen molar-refractivity contribution in [3.05, 3.63) is 42.0 Å². The van der Waals surface area contributed by atoms with Gasteiger partial charge in [-0.25, -0.2) is 0 Å². The Morgan fingerprint density at radius 1 is 1.10 bits per heavy atom. The standard InChI is InChI=1S/C18H24N2O/c19-18(11-5-2-6-12-18)17(21)20-13-9-16(10-14-20)15-7-3-1-4-8-15/h1,3-4,7-9H,2,5-6,10-14,19H2. The summed E-state index contributed by atoms with van der Waals surface area (Å²) >= 11 is 0. The van der Waals surface area contributed by atoms with Gasteiger partial charge in [-0.2, -0.15) is 0 Å². The van der Waals surface area contributed by atoms with E-state index in [0.717, 1.165) is 38.6 Å². The van der Waals surface area contributed by atoms with Crippen LogP contribution in [0, 0.1) is 0 Å². The summed E-state index contributed by atoms with van der Waals surface area (Å²) < 4.78 is 0. The Morgan fingerprint density at radius 3 is 2.43 bits per heavy atom. The van der Waals surface area contributed by atoms with Gasteiger partial charge in [0.15, 0.2) is 0 Å². The van der Waals surface area contributed by atoms with Crippen LogP contribution in [0.1, 0.15) is 44.1 Å². The predicted octanol–water partition coefficient (Wildman–Crippen LogP) is 2.96. The molecule has 0 atom stereocenters. The molecule has 1 aliphatic heterocycles. The molecule has 2 aliphatic rings. The Hall–Kier alpha value is -1.61. The second-order valence-corrected chi connectivity index (χ2v) is 6.31. The van der Waals surface area contributed by atoms with Crippen molar-refractivity contribution in [1.29, 1.82) is 0 Å². The maximum absolute atomic E-state index is 12.7. The lowest BCUT2D eigenvalue weighted by Crippen LogP contribution is -2.56. The van der Waals surface area contributed by atoms with Crippen LogP contribution in [0.15, 0.2) is 36.4 Å². The molecular weight excluding hydrogens is 260 g/mol. The van der Waals surface area contributed by atoms with E-state index in [2.05, 4.69) is 30.3 Å². The van der Waals surface area contributed by atoms with Gasteiger partial charge >= 0.3 is 0 Å². The summed E-state index contributed by atoms with van der Waals surface area (Å²) in [5.74, 6) is 0.158. The molecule has 1 aliphatic carbocycles. The van der Waals surface area contributed by atoms with E-state index in [1.165, 1.54) is 17.6 Å². The summed E-state index contributed by atoms with van der Waals surface area (Å²) in [4.78, 5) is 14.6. The third kappa shape index (κ3) is 3.03. The summed E-state index contributed by atoms with van der Waals surface area (Å²) in [7, 11) is 0. The minimum Gasteiger partial charge on any atom is -0.337 e. The molecule has 0 radical (unpaired) electrons. The second-order valence-electron chi connectivity index (χ2n) is 6.31. The highest BCUT2D eigenvalue weighted by Gasteiger charge is 2.38. The van der Waals surface area contributed by atoms with Crippen LogP contribution < -0.4 is 5.73 Å². The topological polar surface area (TPSA) is 46.3 Å². The minimum atomic E-state index is -0.601. The van der Waals surface area contributed by atoms with Gasteiger partial charge in [0.2, 0.25) is 5.91 Å². The highest BCUT2D eigenvalue weighted by atomic mass is 16.2. The summed E-state index contributed by atoms with van der Waals surface area (Å²) in [5, 5.41) is 0. The first-order valence-electron chi connectivity index (χ1n) is 8.02. The molecule has 2 N–H and O–H groups in total. The predicted molar refractivity (Wildman–Crippen MR) is 85.6 cm³/mol. The van der Waals surface area contributed by atoms with Crippen LogP contribution in [0.3, 0.4) is 0 Å². The molecule has 0 aromatic heterocycles. The van der Waals surface area contributed by atoms with Gasteiger partial charge in [-0.15, -0.1) is 0 Å². The van der Waals surface area contributed by atoms with Crippen molar-refractivity contribution in [2.24, 2.45) is 5.73 Å². The molecule has 1 amide bonds. The number of nitrogens with zero attached hydrogens (tertiary/aromatic N) is 1. The number of rotatable bonds is 2. The molecule has 1 fully saturated rings. The van der Waals surface area contributed by atoms with Crippen molar-refractivity contribution < 1.29 is 4.79 Å². The summed E-state index contributed by atoms with van der Waals surface area (Å²) in [6, 6.07) is 10.4. The Balaban J connectivity index is 1.67. The molecule has 1 aromatic carbocycles. The molecule has 1 saturated carbocycles. The van der Waals surface area contributed by atoms with Crippen LogP contribution in [0.2, 0.25) is 0 Å². The van der Waals surface area contributed by atoms with Crippen molar-refractivity contribution >= 4 is 11.5 Å². The molecule has 0 saturated heterocycles. The fraction of sp³-hybridized carbons (Fsp3) is 0.500. The van der Waals surface area contributed by atoms with E-state index < -0.39 is 5.54 Å². The Bertz CT molecular complexity index is 529. The smallest absolute Gasteiger partial charge is 0.242 e. The second kappa shape index (κ2) is 6.02. The fourth-order valence-corrected chi connectivity index (χ4v) is 3.48. The molecule has 3 nitrogen and oxygen atoms in total. The summed E-state index contributed by atoms with van der Waals surface area (Å²) in [6.45, 7) is 1.49. The van der Waals surface area contributed by atoms with E-state index in [-0.39, 0.29) is 5.91 Å². The van der Waals surface area contributed by atoms with Gasteiger partial charge in [0.1, 0.15) is 0 Å². The van der Waals surface area contributed by atoms with Gasteiger partial charge in [-0.05, 0) is 30.4 Å². The summed E-state index contributed by atoms with van der Waals surface area (Å²) in [5.41, 5.74) is 8.38. The van der Waals surface area contributed by atoms with Gasteiger partial charge in [-0.1, -0.05) is 55.7 Å². The molecule has 3 heteroatoms. The highest BCUT2D eigenvalue weighted by Crippen LogP contribution is 2.29. The van der Waals surface area contributed by atoms with Gasteiger partial charge in [0.05, 0.1) is 5.54 Å². The molecule has 112 valence electrons. The lowest BCUT2D eigenvalue weighted by Gasteiger charge is -2.38. The number of carbonyl (C=O) groups excluding carboxylic acids is 1.